The zero-order valence-electron chi connectivity index (χ0n) is 9.98. The molecule has 1 saturated heterocycles. The standard InChI is InChI=1S/C12H20O3S/c1-3-10(2)15-12(13)14-7-4-11-5-8-16-9-6-11/h4,7,10-11H,3,5-6,8-9H2,1-2H3. The molecule has 1 rings (SSSR count). The van der Waals surface area contributed by atoms with E-state index in [9.17, 15) is 4.79 Å². The van der Waals surface area contributed by atoms with Crippen molar-refractivity contribution >= 4 is 17.9 Å². The maximum Gasteiger partial charge on any atom is 0.513 e. The predicted molar refractivity (Wildman–Crippen MR) is 66.5 cm³/mol. The average Bonchev–Trinajstić information content (AvgIpc) is 2.30. The maximum atomic E-state index is 11.2. The molecule has 0 aromatic rings. The molecule has 1 aliphatic rings. The molecule has 0 radical (unpaired) electrons. The van der Waals surface area contributed by atoms with Gasteiger partial charge in [-0.15, -0.1) is 0 Å². The van der Waals surface area contributed by atoms with Crippen molar-refractivity contribution in [2.45, 2.75) is 39.2 Å². The van der Waals surface area contributed by atoms with Gasteiger partial charge in [-0.25, -0.2) is 4.79 Å². The minimum atomic E-state index is -0.601. The number of carbonyl (C=O) groups excluding carboxylic acids is 1. The molecule has 0 aliphatic carbocycles. The summed E-state index contributed by atoms with van der Waals surface area (Å²) in [6.45, 7) is 3.82. The van der Waals surface area contributed by atoms with E-state index in [4.69, 9.17) is 9.47 Å². The minimum Gasteiger partial charge on any atom is -0.431 e. The van der Waals surface area contributed by atoms with E-state index in [-0.39, 0.29) is 6.10 Å². The van der Waals surface area contributed by atoms with Crippen molar-refractivity contribution in [2.24, 2.45) is 5.92 Å². The molecule has 4 heteroatoms. The summed E-state index contributed by atoms with van der Waals surface area (Å²) in [4.78, 5) is 11.2. The summed E-state index contributed by atoms with van der Waals surface area (Å²) in [5, 5.41) is 0. The van der Waals surface area contributed by atoms with Gasteiger partial charge in [-0.05, 0) is 49.7 Å². The van der Waals surface area contributed by atoms with Gasteiger partial charge >= 0.3 is 6.16 Å². The van der Waals surface area contributed by atoms with E-state index in [0.717, 1.165) is 6.42 Å². The van der Waals surface area contributed by atoms with Gasteiger partial charge in [-0.2, -0.15) is 11.8 Å². The van der Waals surface area contributed by atoms with Gasteiger partial charge in [-0.3, -0.25) is 0 Å². The first kappa shape index (κ1) is 13.4. The van der Waals surface area contributed by atoms with Gasteiger partial charge in [0.2, 0.25) is 0 Å². The topological polar surface area (TPSA) is 35.5 Å². The Kier molecular flexibility index (Phi) is 6.38. The molecule has 3 nitrogen and oxygen atoms in total. The first-order valence-corrected chi connectivity index (χ1v) is 6.99. The van der Waals surface area contributed by atoms with Crippen molar-refractivity contribution in [2.75, 3.05) is 11.5 Å². The molecule has 0 saturated carbocycles. The SMILES string of the molecule is CCC(C)OC(=O)OC=CC1CCSCC1. The highest BCUT2D eigenvalue weighted by Gasteiger charge is 2.11. The van der Waals surface area contributed by atoms with E-state index in [2.05, 4.69) is 0 Å². The van der Waals surface area contributed by atoms with Crippen LogP contribution in [0.4, 0.5) is 4.79 Å². The Morgan fingerprint density at radius 2 is 2.19 bits per heavy atom. The molecule has 0 aromatic heterocycles. The lowest BCUT2D eigenvalue weighted by molar-refractivity contribution is 0.0519. The molecule has 1 aliphatic heterocycles. The van der Waals surface area contributed by atoms with Gasteiger partial charge < -0.3 is 9.47 Å². The fraction of sp³-hybridized carbons (Fsp3) is 0.750. The van der Waals surface area contributed by atoms with Crippen LogP contribution in [0.15, 0.2) is 12.3 Å². The summed E-state index contributed by atoms with van der Waals surface area (Å²) in [6.07, 6.45) is 5.92. The summed E-state index contributed by atoms with van der Waals surface area (Å²) in [6, 6.07) is 0. The number of ether oxygens (including phenoxy) is 2. The fourth-order valence-corrected chi connectivity index (χ4v) is 2.53. The van der Waals surface area contributed by atoms with Crippen LogP contribution in [0.25, 0.3) is 0 Å². The number of carbonyl (C=O) groups is 1. The molecule has 1 fully saturated rings. The average molecular weight is 244 g/mol. The van der Waals surface area contributed by atoms with E-state index in [0.29, 0.717) is 5.92 Å². The molecule has 0 N–H and O–H groups in total. The molecule has 0 bridgehead atoms. The Balaban J connectivity index is 2.17. The zero-order valence-corrected chi connectivity index (χ0v) is 10.8. The van der Waals surface area contributed by atoms with Crippen molar-refractivity contribution < 1.29 is 14.3 Å². The van der Waals surface area contributed by atoms with E-state index >= 15 is 0 Å². The monoisotopic (exact) mass is 244 g/mol. The third kappa shape index (κ3) is 5.45. The Bertz CT molecular complexity index is 234. The molecular weight excluding hydrogens is 224 g/mol. The van der Waals surface area contributed by atoms with Crippen molar-refractivity contribution in [3.8, 4) is 0 Å². The second-order valence-corrected chi connectivity index (χ2v) is 5.21. The van der Waals surface area contributed by atoms with Gasteiger partial charge in [0.25, 0.3) is 0 Å². The number of hydrogen-bond donors (Lipinski definition) is 0. The minimum absolute atomic E-state index is 0.0769. The van der Waals surface area contributed by atoms with Crippen molar-refractivity contribution in [1.82, 2.24) is 0 Å². The van der Waals surface area contributed by atoms with Gasteiger partial charge in [-0.1, -0.05) is 6.92 Å². The van der Waals surface area contributed by atoms with Crippen LogP contribution in [0.5, 0.6) is 0 Å². The highest BCUT2D eigenvalue weighted by Crippen LogP contribution is 2.23. The van der Waals surface area contributed by atoms with Crippen LogP contribution < -0.4 is 0 Å². The normalized spacial score (nSPS) is 19.6. The summed E-state index contributed by atoms with van der Waals surface area (Å²) in [5.74, 6) is 2.95. The summed E-state index contributed by atoms with van der Waals surface area (Å²) >= 11 is 1.98. The molecule has 1 heterocycles. The third-order valence-corrected chi connectivity index (χ3v) is 3.70. The number of rotatable bonds is 4. The lowest BCUT2D eigenvalue weighted by Crippen LogP contribution is -2.13. The first-order valence-electron chi connectivity index (χ1n) is 5.84. The van der Waals surface area contributed by atoms with Crippen molar-refractivity contribution in [3.05, 3.63) is 12.3 Å². The Morgan fingerprint density at radius 3 is 2.81 bits per heavy atom. The predicted octanol–water partition coefficient (Wildman–Crippen LogP) is 3.60. The largest absolute Gasteiger partial charge is 0.513 e. The van der Waals surface area contributed by atoms with Crippen LogP contribution >= 0.6 is 11.8 Å². The van der Waals surface area contributed by atoms with Crippen LogP contribution in [0.2, 0.25) is 0 Å². The second kappa shape index (κ2) is 7.60. The smallest absolute Gasteiger partial charge is 0.431 e. The molecule has 1 unspecified atom stereocenters. The second-order valence-electron chi connectivity index (χ2n) is 3.98. The molecule has 0 aromatic carbocycles. The third-order valence-electron chi connectivity index (χ3n) is 2.65. The molecular formula is C12H20O3S. The number of thioether (sulfide) groups is 1. The van der Waals surface area contributed by atoms with E-state index in [1.807, 2.05) is 31.7 Å². The molecule has 16 heavy (non-hydrogen) atoms. The van der Waals surface area contributed by atoms with Gasteiger partial charge in [0.05, 0.1) is 6.26 Å². The van der Waals surface area contributed by atoms with E-state index < -0.39 is 6.16 Å². The van der Waals surface area contributed by atoms with Crippen molar-refractivity contribution in [3.63, 3.8) is 0 Å². The highest BCUT2D eigenvalue weighted by molar-refractivity contribution is 7.99. The van der Waals surface area contributed by atoms with Crippen LogP contribution in [0.1, 0.15) is 33.1 Å². The van der Waals surface area contributed by atoms with Crippen LogP contribution in [0, 0.1) is 5.92 Å². The molecule has 0 amide bonds. The fourth-order valence-electron chi connectivity index (χ4n) is 1.39. The Labute approximate surface area is 102 Å². The van der Waals surface area contributed by atoms with Crippen LogP contribution in [-0.2, 0) is 9.47 Å². The lowest BCUT2D eigenvalue weighted by atomic mass is 10.0. The molecule has 1 atom stereocenters. The number of allylic oxidation sites excluding steroid dienone is 1. The molecule has 0 spiro atoms. The first-order chi connectivity index (χ1) is 7.72. The van der Waals surface area contributed by atoms with E-state index in [1.165, 1.54) is 30.6 Å². The Hall–Kier alpha value is -0.640. The van der Waals surface area contributed by atoms with Gasteiger partial charge in [0.1, 0.15) is 6.10 Å². The lowest BCUT2D eigenvalue weighted by Gasteiger charge is -2.17. The zero-order chi connectivity index (χ0) is 11.8. The van der Waals surface area contributed by atoms with Crippen LogP contribution in [-0.4, -0.2) is 23.8 Å². The molecule has 92 valence electrons. The quantitative estimate of drug-likeness (QED) is 0.559. The summed E-state index contributed by atoms with van der Waals surface area (Å²) in [5.41, 5.74) is 0. The highest BCUT2D eigenvalue weighted by atomic mass is 32.2. The van der Waals surface area contributed by atoms with Crippen LogP contribution in [0.3, 0.4) is 0 Å². The maximum absolute atomic E-state index is 11.2. The van der Waals surface area contributed by atoms with E-state index in [1.54, 1.807) is 0 Å². The summed E-state index contributed by atoms with van der Waals surface area (Å²) in [7, 11) is 0. The van der Waals surface area contributed by atoms with Gasteiger partial charge in [0.15, 0.2) is 0 Å². The van der Waals surface area contributed by atoms with Gasteiger partial charge in [0, 0.05) is 0 Å². The summed E-state index contributed by atoms with van der Waals surface area (Å²) < 4.78 is 9.84. The Morgan fingerprint density at radius 1 is 1.50 bits per heavy atom. The number of hydrogen-bond acceptors (Lipinski definition) is 4. The van der Waals surface area contributed by atoms with Crippen molar-refractivity contribution in [1.29, 1.82) is 0 Å².